The number of hydrogen-bond acceptors (Lipinski definition) is 1. The minimum absolute atomic E-state index is 0.489. The zero-order chi connectivity index (χ0) is 13.1. The largest absolute Gasteiger partial charge is 0.478 e. The van der Waals surface area contributed by atoms with Crippen LogP contribution in [0.1, 0.15) is 47.2 Å². The molecule has 2 bridgehead atoms. The highest BCUT2D eigenvalue weighted by Gasteiger charge is 2.40. The molecule has 3 aliphatic rings. The van der Waals surface area contributed by atoms with E-state index in [0.29, 0.717) is 5.56 Å². The maximum Gasteiger partial charge on any atom is 0.335 e. The van der Waals surface area contributed by atoms with Crippen molar-refractivity contribution in [2.75, 3.05) is 0 Å². The first-order valence-corrected chi connectivity index (χ1v) is 7.71. The summed E-state index contributed by atoms with van der Waals surface area (Å²) in [5, 5.41) is 9.37. The Bertz CT molecular complexity index is 630. The first-order chi connectivity index (χ1) is 9.15. The van der Waals surface area contributed by atoms with Gasteiger partial charge in [-0.15, -0.1) is 0 Å². The molecule has 4 rings (SSSR count). The Labute approximate surface area is 120 Å². The average molecular weight is 319 g/mol. The van der Waals surface area contributed by atoms with Crippen molar-refractivity contribution in [2.45, 2.75) is 32.1 Å². The van der Waals surface area contributed by atoms with E-state index in [0.717, 1.165) is 34.7 Å². The maximum atomic E-state index is 11.4. The van der Waals surface area contributed by atoms with E-state index in [1.807, 2.05) is 6.07 Å². The molecule has 1 N–H and O–H groups in total. The van der Waals surface area contributed by atoms with Crippen molar-refractivity contribution >= 4 is 27.5 Å². The molecular formula is C16H15BrO2. The molecular weight excluding hydrogens is 304 g/mol. The van der Waals surface area contributed by atoms with E-state index >= 15 is 0 Å². The van der Waals surface area contributed by atoms with Gasteiger partial charge >= 0.3 is 5.97 Å². The standard InChI is InChI=1S/C16H15BrO2/c17-14-4-3-10(16(18)19)13-7-11-9-2-1-8(5-9)6-12(11)15(13)14/h3-4,8-9H,1-2,5-7H2,(H,18,19). The summed E-state index contributed by atoms with van der Waals surface area (Å²) in [5.74, 6) is 0.749. The number of carboxylic acids is 1. The molecule has 0 radical (unpaired) electrons. The highest BCUT2D eigenvalue weighted by Crippen LogP contribution is 2.54. The van der Waals surface area contributed by atoms with E-state index in [1.54, 1.807) is 6.07 Å². The van der Waals surface area contributed by atoms with Crippen molar-refractivity contribution in [1.29, 1.82) is 0 Å². The molecule has 2 nitrogen and oxygen atoms in total. The molecule has 19 heavy (non-hydrogen) atoms. The molecule has 3 heteroatoms. The van der Waals surface area contributed by atoms with Crippen LogP contribution >= 0.6 is 15.9 Å². The molecule has 0 aromatic heterocycles. The molecule has 1 aromatic rings. The van der Waals surface area contributed by atoms with Gasteiger partial charge in [0.15, 0.2) is 0 Å². The van der Waals surface area contributed by atoms with E-state index in [2.05, 4.69) is 15.9 Å². The number of halogens is 1. The zero-order valence-electron chi connectivity index (χ0n) is 10.6. The number of aromatic carboxylic acids is 1. The summed E-state index contributed by atoms with van der Waals surface area (Å²) in [7, 11) is 0. The van der Waals surface area contributed by atoms with E-state index < -0.39 is 5.97 Å². The monoisotopic (exact) mass is 318 g/mol. The molecule has 0 aliphatic heterocycles. The normalized spacial score (nSPS) is 27.4. The van der Waals surface area contributed by atoms with Crippen molar-refractivity contribution in [3.63, 3.8) is 0 Å². The van der Waals surface area contributed by atoms with Crippen LogP contribution in [0.15, 0.2) is 22.2 Å². The van der Waals surface area contributed by atoms with Crippen LogP contribution in [0.4, 0.5) is 0 Å². The van der Waals surface area contributed by atoms with Crippen molar-refractivity contribution in [1.82, 2.24) is 0 Å². The minimum Gasteiger partial charge on any atom is -0.478 e. The predicted molar refractivity (Wildman–Crippen MR) is 77.2 cm³/mol. The number of benzene rings is 1. The van der Waals surface area contributed by atoms with Gasteiger partial charge in [0.2, 0.25) is 0 Å². The van der Waals surface area contributed by atoms with Gasteiger partial charge in [-0.3, -0.25) is 0 Å². The van der Waals surface area contributed by atoms with Crippen molar-refractivity contribution in [3.05, 3.63) is 38.9 Å². The SMILES string of the molecule is O=C(O)c1ccc(Br)c2c1CC1=C2CC2CCC1C2. The summed E-state index contributed by atoms with van der Waals surface area (Å²) in [4.78, 5) is 11.4. The lowest BCUT2D eigenvalue weighted by Crippen LogP contribution is -2.08. The number of rotatable bonds is 1. The van der Waals surface area contributed by atoms with Gasteiger partial charge in [-0.1, -0.05) is 21.5 Å². The van der Waals surface area contributed by atoms with Gasteiger partial charge in [0.05, 0.1) is 5.56 Å². The third-order valence-corrected chi connectivity index (χ3v) is 5.74. The second-order valence-corrected chi connectivity index (χ2v) is 6.87. The van der Waals surface area contributed by atoms with Gasteiger partial charge in [-0.05, 0) is 72.8 Å². The van der Waals surface area contributed by atoms with E-state index in [1.165, 1.54) is 36.0 Å². The summed E-state index contributed by atoms with van der Waals surface area (Å²) in [6, 6.07) is 3.64. The highest BCUT2D eigenvalue weighted by molar-refractivity contribution is 9.10. The van der Waals surface area contributed by atoms with Gasteiger partial charge in [0.25, 0.3) is 0 Å². The predicted octanol–water partition coefficient (Wildman–Crippen LogP) is 4.28. The molecule has 2 atom stereocenters. The van der Waals surface area contributed by atoms with Crippen LogP contribution in [0.25, 0.3) is 5.57 Å². The summed E-state index contributed by atoms with van der Waals surface area (Å²) in [5.41, 5.74) is 5.73. The van der Waals surface area contributed by atoms with Crippen molar-refractivity contribution in [2.24, 2.45) is 11.8 Å². The fourth-order valence-electron chi connectivity index (χ4n) is 4.28. The molecule has 0 saturated heterocycles. The Kier molecular flexibility index (Phi) is 2.44. The molecule has 2 unspecified atom stereocenters. The van der Waals surface area contributed by atoms with Gasteiger partial charge in [0.1, 0.15) is 0 Å². The average Bonchev–Trinajstić information content (AvgIpc) is 2.93. The summed E-state index contributed by atoms with van der Waals surface area (Å²) >= 11 is 3.63. The summed E-state index contributed by atoms with van der Waals surface area (Å²) < 4.78 is 1.07. The maximum absolute atomic E-state index is 11.4. The number of fused-ring (bicyclic) bond motifs is 5. The number of carboxylic acid groups (broad SMARTS) is 1. The second kappa shape index (κ2) is 3.95. The summed E-state index contributed by atoms with van der Waals surface area (Å²) in [6.07, 6.45) is 6.00. The lowest BCUT2D eigenvalue weighted by Gasteiger charge is -2.22. The Balaban J connectivity index is 1.91. The smallest absolute Gasteiger partial charge is 0.335 e. The number of hydrogen-bond donors (Lipinski definition) is 1. The number of allylic oxidation sites excluding steroid dienone is 2. The molecule has 0 amide bonds. The van der Waals surface area contributed by atoms with Crippen LogP contribution in [0, 0.1) is 11.8 Å². The van der Waals surface area contributed by atoms with Gasteiger partial charge < -0.3 is 5.11 Å². The van der Waals surface area contributed by atoms with E-state index in [-0.39, 0.29) is 0 Å². The van der Waals surface area contributed by atoms with Crippen LogP contribution in [-0.2, 0) is 6.42 Å². The van der Waals surface area contributed by atoms with E-state index in [4.69, 9.17) is 0 Å². The molecule has 3 aliphatic carbocycles. The topological polar surface area (TPSA) is 37.3 Å². The Hall–Kier alpha value is -1.09. The first-order valence-electron chi connectivity index (χ1n) is 6.92. The Morgan fingerprint density at radius 3 is 2.95 bits per heavy atom. The lowest BCUT2D eigenvalue weighted by molar-refractivity contribution is 0.0696. The van der Waals surface area contributed by atoms with Crippen molar-refractivity contribution in [3.8, 4) is 0 Å². The molecule has 1 saturated carbocycles. The van der Waals surface area contributed by atoms with Gasteiger partial charge in [-0.2, -0.15) is 0 Å². The Morgan fingerprint density at radius 2 is 2.16 bits per heavy atom. The third kappa shape index (κ3) is 1.57. The van der Waals surface area contributed by atoms with Crippen LogP contribution < -0.4 is 0 Å². The van der Waals surface area contributed by atoms with Crippen LogP contribution in [-0.4, -0.2) is 11.1 Å². The number of carbonyl (C=O) groups is 1. The highest BCUT2D eigenvalue weighted by atomic mass is 79.9. The fraction of sp³-hybridized carbons (Fsp3) is 0.438. The van der Waals surface area contributed by atoms with E-state index in [9.17, 15) is 9.90 Å². The lowest BCUT2D eigenvalue weighted by atomic mass is 9.83. The molecule has 0 spiro atoms. The fourth-order valence-corrected chi connectivity index (χ4v) is 4.89. The van der Waals surface area contributed by atoms with Crippen LogP contribution in [0.2, 0.25) is 0 Å². The summed E-state index contributed by atoms with van der Waals surface area (Å²) in [6.45, 7) is 0. The van der Waals surface area contributed by atoms with Gasteiger partial charge in [-0.25, -0.2) is 4.79 Å². The Morgan fingerprint density at radius 1 is 1.32 bits per heavy atom. The molecule has 1 fully saturated rings. The minimum atomic E-state index is -0.797. The quantitative estimate of drug-likeness (QED) is 0.839. The first kappa shape index (κ1) is 11.7. The van der Waals surface area contributed by atoms with Crippen LogP contribution in [0.3, 0.4) is 0 Å². The molecule has 98 valence electrons. The zero-order valence-corrected chi connectivity index (χ0v) is 12.2. The van der Waals surface area contributed by atoms with Crippen LogP contribution in [0.5, 0.6) is 0 Å². The molecule has 1 aromatic carbocycles. The third-order valence-electron chi connectivity index (χ3n) is 5.08. The second-order valence-electron chi connectivity index (χ2n) is 6.01. The molecule has 0 heterocycles. The van der Waals surface area contributed by atoms with Crippen molar-refractivity contribution < 1.29 is 9.90 Å². The van der Waals surface area contributed by atoms with Gasteiger partial charge in [0, 0.05) is 4.47 Å².